The molecule has 0 saturated carbocycles. The van der Waals surface area contributed by atoms with Crippen LogP contribution in [-0.4, -0.2) is 0 Å². The van der Waals surface area contributed by atoms with Crippen LogP contribution in [0.4, 0.5) is 0 Å². The van der Waals surface area contributed by atoms with E-state index in [1.807, 2.05) is 0 Å². The van der Waals surface area contributed by atoms with Gasteiger partial charge in [-0.15, -0.1) is 0 Å². The molecule has 0 aliphatic carbocycles. The summed E-state index contributed by atoms with van der Waals surface area (Å²) >= 11 is -1.28. The Kier molecular flexibility index (Phi) is 3.93. The van der Waals surface area contributed by atoms with E-state index < -0.39 is 14.0 Å². The molecule has 0 fully saturated rings. The second-order valence-electron chi connectivity index (χ2n) is 0.632. The zero-order chi connectivity index (χ0) is 4.50. The van der Waals surface area contributed by atoms with Gasteiger partial charge in [-0.05, 0) is 0 Å². The molecule has 0 rings (SSSR count). The second kappa shape index (κ2) is 2.65. The SMILES string of the molecule is [PH2][Pt]([PH2])([PH2])[PH2]. The van der Waals surface area contributed by atoms with Crippen LogP contribution in [0.25, 0.3) is 0 Å². The molecule has 0 N–H and O–H groups in total. The molecule has 4 atom stereocenters. The van der Waals surface area contributed by atoms with Crippen molar-refractivity contribution >= 4 is 29.3 Å². The van der Waals surface area contributed by atoms with Gasteiger partial charge in [0.05, 0.1) is 0 Å². The Hall–Kier alpha value is 2.41. The summed E-state index contributed by atoms with van der Waals surface area (Å²) in [7, 11) is 11.1. The van der Waals surface area contributed by atoms with Crippen molar-refractivity contribution in [3.63, 3.8) is 0 Å². The van der Waals surface area contributed by atoms with Crippen molar-refractivity contribution in [1.29, 1.82) is 0 Å². The summed E-state index contributed by atoms with van der Waals surface area (Å²) in [6.07, 6.45) is 0. The standard InChI is InChI=1S/4H2P.Pt/h4*1H2;/q4*-1;+4. The Bertz CT molecular complexity index is 19.1. The molecule has 0 heterocycles. The fourth-order valence-electron chi connectivity index (χ4n) is 0. The third kappa shape index (κ3) is 21.5. The van der Waals surface area contributed by atoms with Crippen LogP contribution in [0.5, 0.6) is 0 Å². The third-order valence-electron chi connectivity index (χ3n) is 0. The summed E-state index contributed by atoms with van der Waals surface area (Å²) < 4.78 is 0. The monoisotopic (exact) mass is 327 g/mol. The first-order valence-electron chi connectivity index (χ1n) is 0.730. The van der Waals surface area contributed by atoms with E-state index >= 15 is 0 Å². The second-order valence-corrected chi connectivity index (χ2v) is 46.6. The van der Waals surface area contributed by atoms with Crippen molar-refractivity contribution in [1.82, 2.24) is 0 Å². The number of hydrogen-bond acceptors (Lipinski definition) is 0. The first-order chi connectivity index (χ1) is 2.00. The quantitative estimate of drug-likeness (QED) is 0.589. The van der Waals surface area contributed by atoms with Crippen LogP contribution in [0.2, 0.25) is 0 Å². The summed E-state index contributed by atoms with van der Waals surface area (Å²) in [6, 6.07) is 0. The van der Waals surface area contributed by atoms with Crippen LogP contribution in [0.1, 0.15) is 0 Å². The molecule has 0 radical (unpaired) electrons. The summed E-state index contributed by atoms with van der Waals surface area (Å²) in [5.74, 6) is 0. The molecule has 38 valence electrons. The minimum atomic E-state index is -1.28. The van der Waals surface area contributed by atoms with Crippen molar-refractivity contribution in [2.45, 2.75) is 0 Å². The van der Waals surface area contributed by atoms with Gasteiger partial charge < -0.3 is 0 Å². The van der Waals surface area contributed by atoms with Crippen molar-refractivity contribution in [2.24, 2.45) is 0 Å². The van der Waals surface area contributed by atoms with Gasteiger partial charge in [0.2, 0.25) is 0 Å². The van der Waals surface area contributed by atoms with E-state index in [9.17, 15) is 0 Å². The molecular formula is H8P4Pt. The van der Waals surface area contributed by atoms with Crippen LogP contribution in [0, 0.1) is 0 Å². The van der Waals surface area contributed by atoms with Crippen molar-refractivity contribution < 1.29 is 14.0 Å². The minimum absolute atomic E-state index is 1.28. The molecule has 0 aliphatic heterocycles. The maximum absolute atomic E-state index is 2.78. The van der Waals surface area contributed by atoms with Crippen LogP contribution in [0.15, 0.2) is 0 Å². The summed E-state index contributed by atoms with van der Waals surface area (Å²) in [5, 5.41) is 0. The number of hydrogen-bond donors (Lipinski definition) is 0. The Balaban J connectivity index is 3.02. The zero-order valence-corrected chi connectivity index (χ0v) is 9.52. The van der Waals surface area contributed by atoms with Gasteiger partial charge in [0.15, 0.2) is 0 Å². The fourth-order valence-corrected chi connectivity index (χ4v) is 0. The Morgan fingerprint density at radius 1 is 0.800 bits per heavy atom. The first kappa shape index (κ1) is 7.41. The van der Waals surface area contributed by atoms with Crippen LogP contribution >= 0.6 is 29.3 Å². The molecular weight excluding hydrogens is 319 g/mol. The summed E-state index contributed by atoms with van der Waals surface area (Å²) in [6.45, 7) is 0. The Morgan fingerprint density at radius 3 is 0.800 bits per heavy atom. The molecule has 5 heavy (non-hydrogen) atoms. The average molecular weight is 327 g/mol. The zero-order valence-electron chi connectivity index (χ0n) is 2.63. The normalized spacial score (nSPS) is 15.2. The third-order valence-corrected chi connectivity index (χ3v) is 0. The molecule has 4 unspecified atom stereocenters. The van der Waals surface area contributed by atoms with E-state index in [4.69, 9.17) is 0 Å². The molecule has 0 aliphatic rings. The maximum atomic E-state index is 2.78. The van der Waals surface area contributed by atoms with Gasteiger partial charge in [-0.2, -0.15) is 0 Å². The van der Waals surface area contributed by atoms with Gasteiger partial charge in [0, 0.05) is 0 Å². The van der Waals surface area contributed by atoms with Gasteiger partial charge in [-0.1, -0.05) is 0 Å². The molecule has 0 amide bonds. The molecule has 0 nitrogen and oxygen atoms in total. The molecule has 0 saturated heterocycles. The molecule has 0 aromatic carbocycles. The molecule has 0 bridgehead atoms. The molecule has 0 spiro atoms. The van der Waals surface area contributed by atoms with Gasteiger partial charge >= 0.3 is 43.4 Å². The van der Waals surface area contributed by atoms with Crippen molar-refractivity contribution in [3.05, 3.63) is 0 Å². The van der Waals surface area contributed by atoms with Crippen molar-refractivity contribution in [2.75, 3.05) is 0 Å². The van der Waals surface area contributed by atoms with E-state index in [0.29, 0.717) is 0 Å². The van der Waals surface area contributed by atoms with E-state index in [1.165, 1.54) is 0 Å². The van der Waals surface area contributed by atoms with Crippen LogP contribution in [0.3, 0.4) is 0 Å². The fraction of sp³-hybridized carbons (Fsp3) is 0. The summed E-state index contributed by atoms with van der Waals surface area (Å²) in [5.41, 5.74) is 0. The van der Waals surface area contributed by atoms with Crippen LogP contribution in [-0.2, 0) is 14.0 Å². The molecule has 0 aromatic rings. The van der Waals surface area contributed by atoms with E-state index in [-0.39, 0.29) is 0 Å². The van der Waals surface area contributed by atoms with Crippen LogP contribution < -0.4 is 0 Å². The first-order valence-corrected chi connectivity index (χ1v) is 17.9. The molecule has 0 aromatic heterocycles. The van der Waals surface area contributed by atoms with E-state index in [1.54, 1.807) is 0 Å². The predicted molar refractivity (Wildman–Crippen MR) is 38.8 cm³/mol. The van der Waals surface area contributed by atoms with Crippen molar-refractivity contribution in [3.8, 4) is 0 Å². The van der Waals surface area contributed by atoms with E-state index in [2.05, 4.69) is 29.3 Å². The Labute approximate surface area is 43.5 Å². The Morgan fingerprint density at radius 2 is 0.800 bits per heavy atom. The molecule has 5 heteroatoms. The van der Waals surface area contributed by atoms with Gasteiger partial charge in [0.25, 0.3) is 0 Å². The number of rotatable bonds is 0. The van der Waals surface area contributed by atoms with Gasteiger partial charge in [-0.3, -0.25) is 0 Å². The van der Waals surface area contributed by atoms with E-state index in [0.717, 1.165) is 0 Å². The topological polar surface area (TPSA) is 0 Å². The van der Waals surface area contributed by atoms with Gasteiger partial charge in [0.1, 0.15) is 0 Å². The summed E-state index contributed by atoms with van der Waals surface area (Å²) in [4.78, 5) is 0. The average Bonchev–Trinajstić information content (AvgIpc) is 0.722. The van der Waals surface area contributed by atoms with Gasteiger partial charge in [-0.25, -0.2) is 0 Å². The predicted octanol–water partition coefficient (Wildman–Crippen LogP) is 1.30.